The molecule has 0 spiro atoms. The van der Waals surface area contributed by atoms with Crippen LogP contribution in [-0.4, -0.2) is 29.9 Å². The second kappa shape index (κ2) is 8.08. The van der Waals surface area contributed by atoms with Gasteiger partial charge in [0, 0.05) is 10.3 Å². The van der Waals surface area contributed by atoms with Crippen molar-refractivity contribution in [3.8, 4) is 10.6 Å². The van der Waals surface area contributed by atoms with Crippen LogP contribution in [0.1, 0.15) is 4.88 Å². The van der Waals surface area contributed by atoms with Gasteiger partial charge in [0.15, 0.2) is 5.13 Å². The van der Waals surface area contributed by atoms with Crippen molar-refractivity contribution in [2.45, 2.75) is 6.92 Å². The fourth-order valence-electron chi connectivity index (χ4n) is 1.43. The summed E-state index contributed by atoms with van der Waals surface area (Å²) in [6, 6.07) is 4.03. The van der Waals surface area contributed by atoms with Crippen LogP contribution in [0.3, 0.4) is 0 Å². The van der Waals surface area contributed by atoms with Gasteiger partial charge in [-0.15, -0.1) is 35.1 Å². The van der Waals surface area contributed by atoms with E-state index in [1.54, 1.807) is 11.3 Å². The van der Waals surface area contributed by atoms with Crippen molar-refractivity contribution in [1.29, 1.82) is 0 Å². The van der Waals surface area contributed by atoms with Crippen LogP contribution in [0.5, 0.6) is 0 Å². The summed E-state index contributed by atoms with van der Waals surface area (Å²) < 4.78 is 0. The number of amides is 2. The molecule has 0 aliphatic rings. The number of rotatable bonds is 5. The SMILES string of the molecule is Cc1ccc(-c2csc(NC(=O)CNC(=O)CN)n2)s1.Cl. The average molecular weight is 347 g/mol. The van der Waals surface area contributed by atoms with E-state index in [2.05, 4.69) is 15.6 Å². The number of nitrogens with two attached hydrogens (primary N) is 1. The molecule has 0 unspecified atom stereocenters. The largest absolute Gasteiger partial charge is 0.346 e. The Balaban J connectivity index is 0.00000220. The Bertz CT molecular complexity index is 626. The summed E-state index contributed by atoms with van der Waals surface area (Å²) in [7, 11) is 0. The summed E-state index contributed by atoms with van der Waals surface area (Å²) in [5.74, 6) is -0.691. The van der Waals surface area contributed by atoms with Crippen LogP contribution in [0.4, 0.5) is 5.13 Å². The minimum atomic E-state index is -0.367. The number of aromatic nitrogens is 1. The van der Waals surface area contributed by atoms with Crippen molar-refractivity contribution in [2.24, 2.45) is 5.73 Å². The Morgan fingerprint density at radius 3 is 2.71 bits per heavy atom. The van der Waals surface area contributed by atoms with Gasteiger partial charge in [-0.05, 0) is 19.1 Å². The summed E-state index contributed by atoms with van der Waals surface area (Å²) in [6.45, 7) is 1.79. The smallest absolute Gasteiger partial charge is 0.245 e. The molecule has 2 aromatic rings. The van der Waals surface area contributed by atoms with Crippen LogP contribution in [0.15, 0.2) is 17.5 Å². The molecule has 2 rings (SSSR count). The first-order chi connectivity index (χ1) is 9.58. The molecule has 9 heteroatoms. The van der Waals surface area contributed by atoms with Gasteiger partial charge in [0.1, 0.15) is 0 Å². The Morgan fingerprint density at radius 1 is 1.33 bits per heavy atom. The van der Waals surface area contributed by atoms with E-state index in [0.29, 0.717) is 5.13 Å². The number of thiophene rings is 1. The zero-order valence-electron chi connectivity index (χ0n) is 11.2. The molecule has 0 aliphatic carbocycles. The lowest BCUT2D eigenvalue weighted by molar-refractivity contribution is -0.123. The molecule has 0 bridgehead atoms. The minimum absolute atomic E-state index is 0. The van der Waals surface area contributed by atoms with Gasteiger partial charge in [-0.3, -0.25) is 9.59 Å². The molecule has 0 fully saturated rings. The summed E-state index contributed by atoms with van der Waals surface area (Å²) in [6.07, 6.45) is 0. The number of carbonyl (C=O) groups is 2. The lowest BCUT2D eigenvalue weighted by atomic mass is 10.4. The van der Waals surface area contributed by atoms with Gasteiger partial charge in [-0.2, -0.15) is 0 Å². The van der Waals surface area contributed by atoms with Gasteiger partial charge >= 0.3 is 0 Å². The number of halogens is 1. The predicted octanol–water partition coefficient (Wildman–Crippen LogP) is 1.62. The number of thiazole rings is 1. The Labute approximate surface area is 136 Å². The first kappa shape index (κ1) is 17.6. The highest BCUT2D eigenvalue weighted by Crippen LogP contribution is 2.30. The first-order valence-corrected chi connectivity index (χ1v) is 7.57. The summed E-state index contributed by atoms with van der Waals surface area (Å²) >= 11 is 3.00. The van der Waals surface area contributed by atoms with E-state index in [0.717, 1.165) is 10.6 Å². The molecule has 114 valence electrons. The van der Waals surface area contributed by atoms with E-state index in [-0.39, 0.29) is 37.3 Å². The quantitative estimate of drug-likeness (QED) is 0.766. The third-order valence-corrected chi connectivity index (χ3v) is 4.16. The van der Waals surface area contributed by atoms with Crippen molar-refractivity contribution in [3.63, 3.8) is 0 Å². The number of anilines is 1. The monoisotopic (exact) mass is 346 g/mol. The zero-order valence-corrected chi connectivity index (χ0v) is 13.7. The summed E-state index contributed by atoms with van der Waals surface area (Å²) in [5.41, 5.74) is 5.97. The Kier molecular flexibility index (Phi) is 6.76. The van der Waals surface area contributed by atoms with Gasteiger partial charge in [0.2, 0.25) is 11.8 Å². The molecule has 2 amide bonds. The molecule has 0 saturated carbocycles. The number of nitrogens with one attached hydrogen (secondary N) is 2. The molecule has 6 nitrogen and oxygen atoms in total. The van der Waals surface area contributed by atoms with Crippen molar-refractivity contribution in [2.75, 3.05) is 18.4 Å². The van der Waals surface area contributed by atoms with Gasteiger partial charge in [-0.1, -0.05) is 0 Å². The molecular formula is C12H15ClN4O2S2. The maximum absolute atomic E-state index is 11.6. The van der Waals surface area contributed by atoms with Crippen LogP contribution in [-0.2, 0) is 9.59 Å². The topological polar surface area (TPSA) is 97.1 Å². The van der Waals surface area contributed by atoms with E-state index < -0.39 is 0 Å². The number of hydrogen-bond acceptors (Lipinski definition) is 6. The van der Waals surface area contributed by atoms with Crippen LogP contribution in [0.25, 0.3) is 10.6 Å². The summed E-state index contributed by atoms with van der Waals surface area (Å²) in [4.78, 5) is 29.1. The molecule has 21 heavy (non-hydrogen) atoms. The van der Waals surface area contributed by atoms with Gasteiger partial charge in [0.25, 0.3) is 0 Å². The molecular weight excluding hydrogens is 332 g/mol. The van der Waals surface area contributed by atoms with Crippen molar-refractivity contribution < 1.29 is 9.59 Å². The Hall–Kier alpha value is -1.48. The van der Waals surface area contributed by atoms with E-state index in [4.69, 9.17) is 5.73 Å². The lowest BCUT2D eigenvalue weighted by Crippen LogP contribution is -2.36. The predicted molar refractivity (Wildman–Crippen MR) is 88.1 cm³/mol. The molecule has 0 radical (unpaired) electrons. The molecule has 0 aromatic carbocycles. The van der Waals surface area contributed by atoms with Crippen molar-refractivity contribution in [3.05, 3.63) is 22.4 Å². The fourth-order valence-corrected chi connectivity index (χ4v) is 3.06. The van der Waals surface area contributed by atoms with E-state index in [1.807, 2.05) is 24.4 Å². The highest BCUT2D eigenvalue weighted by molar-refractivity contribution is 7.17. The fraction of sp³-hybridized carbons (Fsp3) is 0.250. The highest BCUT2D eigenvalue weighted by atomic mass is 35.5. The van der Waals surface area contributed by atoms with Gasteiger partial charge in [0.05, 0.1) is 23.7 Å². The van der Waals surface area contributed by atoms with E-state index in [9.17, 15) is 9.59 Å². The molecule has 4 N–H and O–H groups in total. The van der Waals surface area contributed by atoms with E-state index >= 15 is 0 Å². The van der Waals surface area contributed by atoms with Crippen LogP contribution in [0, 0.1) is 6.92 Å². The third-order valence-electron chi connectivity index (χ3n) is 2.37. The lowest BCUT2D eigenvalue weighted by Gasteiger charge is -2.02. The molecule has 0 aliphatic heterocycles. The van der Waals surface area contributed by atoms with Crippen molar-refractivity contribution >= 4 is 52.0 Å². The maximum atomic E-state index is 11.6. The summed E-state index contributed by atoms with van der Waals surface area (Å²) in [5, 5.41) is 7.43. The van der Waals surface area contributed by atoms with Gasteiger partial charge < -0.3 is 16.4 Å². The molecule has 2 aromatic heterocycles. The standard InChI is InChI=1S/C12H14N4O2S2.ClH/c1-7-2-3-9(20-7)8-6-19-12(15-8)16-11(18)5-14-10(17)4-13;/h2-3,6H,4-5,13H2,1H3,(H,14,17)(H,15,16,18);1H. The second-order valence-corrected chi connectivity index (χ2v) is 6.12. The zero-order chi connectivity index (χ0) is 14.5. The Morgan fingerprint density at radius 2 is 2.10 bits per heavy atom. The molecule has 0 atom stereocenters. The van der Waals surface area contributed by atoms with Crippen LogP contribution < -0.4 is 16.4 Å². The highest BCUT2D eigenvalue weighted by Gasteiger charge is 2.09. The number of hydrogen-bond donors (Lipinski definition) is 3. The van der Waals surface area contributed by atoms with Crippen LogP contribution >= 0.6 is 35.1 Å². The number of carbonyl (C=O) groups excluding carboxylic acids is 2. The minimum Gasteiger partial charge on any atom is -0.346 e. The van der Waals surface area contributed by atoms with Crippen molar-refractivity contribution in [1.82, 2.24) is 10.3 Å². The third kappa shape index (κ3) is 5.09. The first-order valence-electron chi connectivity index (χ1n) is 5.87. The maximum Gasteiger partial charge on any atom is 0.245 e. The number of nitrogens with zero attached hydrogens (tertiary/aromatic N) is 1. The number of aryl methyl sites for hydroxylation is 1. The molecule has 2 heterocycles. The molecule has 0 saturated heterocycles. The van der Waals surface area contributed by atoms with Crippen LogP contribution in [0.2, 0.25) is 0 Å². The van der Waals surface area contributed by atoms with Gasteiger partial charge in [-0.25, -0.2) is 4.98 Å². The normalized spacial score (nSPS) is 9.81. The average Bonchev–Trinajstić information content (AvgIpc) is 3.05. The second-order valence-electron chi connectivity index (χ2n) is 3.98. The van der Waals surface area contributed by atoms with E-state index in [1.165, 1.54) is 16.2 Å².